The fourth-order valence-corrected chi connectivity index (χ4v) is 6.68. The lowest BCUT2D eigenvalue weighted by molar-refractivity contribution is -0.161. The third-order valence-electron chi connectivity index (χ3n) is 9.66. The van der Waals surface area contributed by atoms with Crippen LogP contribution < -0.4 is 0 Å². The lowest BCUT2D eigenvalue weighted by Gasteiger charge is -2.18. The van der Waals surface area contributed by atoms with Crippen LogP contribution in [0.4, 0.5) is 0 Å². The summed E-state index contributed by atoms with van der Waals surface area (Å²) in [6.45, 7) is 3.65. The number of rotatable bonds is 41. The molecule has 0 aliphatic rings. The highest BCUT2D eigenvalue weighted by Gasteiger charge is 2.22. The average Bonchev–Trinajstić information content (AvgIpc) is 3.14. The second-order valence-corrected chi connectivity index (χ2v) is 16.3. The zero-order chi connectivity index (χ0) is 39.6. The minimum absolute atomic E-state index is 0.207. The van der Waals surface area contributed by atoms with Gasteiger partial charge < -0.3 is 19.3 Å². The number of ether oxygens (including phenoxy) is 2. The average molecular weight is 783 g/mol. The summed E-state index contributed by atoms with van der Waals surface area (Å²) in [6, 6.07) is 0. The monoisotopic (exact) mass is 783 g/mol. The summed E-state index contributed by atoms with van der Waals surface area (Å²) in [5.74, 6) is -0.921. The first kappa shape index (κ1) is 52.3. The van der Waals surface area contributed by atoms with Crippen molar-refractivity contribution in [3.8, 4) is 0 Å². The lowest BCUT2D eigenvalue weighted by Crippen LogP contribution is -2.29. The molecule has 0 aliphatic carbocycles. The fourth-order valence-electron chi connectivity index (χ4n) is 6.32. The Morgan fingerprint density at radius 1 is 0.481 bits per heavy atom. The molecule has 0 saturated carbocycles. The van der Waals surface area contributed by atoms with E-state index in [1.807, 2.05) is 0 Å². The van der Waals surface area contributed by atoms with Gasteiger partial charge in [0.1, 0.15) is 6.61 Å². The van der Waals surface area contributed by atoms with Crippen molar-refractivity contribution in [2.24, 2.45) is 0 Å². The first-order chi connectivity index (χ1) is 26.3. The number of carbonyl (C=O) groups excluding carboxylic acids is 2. The predicted octanol–water partition coefficient (Wildman–Crippen LogP) is 13.7. The Balaban J connectivity index is 3.89. The number of hydrogen-bond donors (Lipinski definition) is 2. The van der Waals surface area contributed by atoms with Crippen molar-refractivity contribution < 1.29 is 37.9 Å². The SMILES string of the molecule is CCCCC/C=C\C/C=C\C/C=C\CCCCC(=O)OC[C@H](COP(=O)(O)O)OC(=O)CCCCCCCCCCCCCCCCCCCCCCC. The van der Waals surface area contributed by atoms with Gasteiger partial charge in [-0.15, -0.1) is 0 Å². The van der Waals surface area contributed by atoms with Crippen molar-refractivity contribution in [3.63, 3.8) is 0 Å². The molecule has 0 spiro atoms. The maximum atomic E-state index is 12.4. The van der Waals surface area contributed by atoms with E-state index in [9.17, 15) is 14.2 Å². The summed E-state index contributed by atoms with van der Waals surface area (Å²) in [5.41, 5.74) is 0. The zero-order valence-corrected chi connectivity index (χ0v) is 35.8. The van der Waals surface area contributed by atoms with Gasteiger partial charge in [0.05, 0.1) is 6.61 Å². The first-order valence-electron chi connectivity index (χ1n) is 22.3. The van der Waals surface area contributed by atoms with Crippen LogP contribution in [0.25, 0.3) is 0 Å². The molecule has 54 heavy (non-hydrogen) atoms. The number of unbranched alkanes of at least 4 members (excludes halogenated alkanes) is 25. The molecule has 0 rings (SSSR count). The topological polar surface area (TPSA) is 119 Å². The molecule has 0 aromatic carbocycles. The number of esters is 2. The molecule has 0 unspecified atom stereocenters. The standard InChI is InChI=1S/C45H83O8P/c1-3-5-7-9-11-13-15-17-19-20-21-22-23-24-26-28-30-32-34-36-38-40-45(47)53-43(42-52-54(48,49)50)41-51-44(46)39-37-35-33-31-29-27-25-18-16-14-12-10-8-6-4-2/h12,14,18,25,29,31,43H,3-11,13,15-17,19-24,26-28,30,32-42H2,1-2H3,(H2,48,49,50)/b14-12-,25-18-,31-29-/t43-/m1/s1. The molecule has 0 aliphatic heterocycles. The summed E-state index contributed by atoms with van der Waals surface area (Å²) in [7, 11) is -4.76. The summed E-state index contributed by atoms with van der Waals surface area (Å²) in [6.07, 6.45) is 48.7. The van der Waals surface area contributed by atoms with Gasteiger partial charge in [0.25, 0.3) is 0 Å². The van der Waals surface area contributed by atoms with Crippen molar-refractivity contribution in [2.75, 3.05) is 13.2 Å². The van der Waals surface area contributed by atoms with Gasteiger partial charge in [-0.2, -0.15) is 0 Å². The molecule has 0 bridgehead atoms. The van der Waals surface area contributed by atoms with Gasteiger partial charge in [-0.1, -0.05) is 192 Å². The summed E-state index contributed by atoms with van der Waals surface area (Å²) in [4.78, 5) is 42.9. The minimum Gasteiger partial charge on any atom is -0.462 e. The van der Waals surface area contributed by atoms with Crippen molar-refractivity contribution in [2.45, 2.75) is 225 Å². The van der Waals surface area contributed by atoms with Crippen LogP contribution in [0, 0.1) is 0 Å². The second-order valence-electron chi connectivity index (χ2n) is 15.0. The van der Waals surface area contributed by atoms with Gasteiger partial charge >= 0.3 is 19.8 Å². The van der Waals surface area contributed by atoms with Crippen LogP contribution in [0.2, 0.25) is 0 Å². The van der Waals surface area contributed by atoms with Gasteiger partial charge in [-0.3, -0.25) is 14.1 Å². The molecule has 0 radical (unpaired) electrons. The van der Waals surface area contributed by atoms with E-state index in [0.717, 1.165) is 51.4 Å². The van der Waals surface area contributed by atoms with Crippen LogP contribution in [0.15, 0.2) is 36.5 Å². The second kappa shape index (κ2) is 40.9. The Kier molecular flexibility index (Phi) is 39.6. The van der Waals surface area contributed by atoms with E-state index in [1.165, 1.54) is 128 Å². The van der Waals surface area contributed by atoms with Crippen molar-refractivity contribution in [3.05, 3.63) is 36.5 Å². The molecule has 1 atom stereocenters. The van der Waals surface area contributed by atoms with Crippen molar-refractivity contribution in [1.82, 2.24) is 0 Å². The van der Waals surface area contributed by atoms with E-state index in [-0.39, 0.29) is 19.4 Å². The number of phosphoric ester groups is 1. The lowest BCUT2D eigenvalue weighted by atomic mass is 10.0. The molecule has 0 aromatic rings. The van der Waals surface area contributed by atoms with E-state index < -0.39 is 32.5 Å². The highest BCUT2D eigenvalue weighted by Crippen LogP contribution is 2.36. The Morgan fingerprint density at radius 2 is 0.833 bits per heavy atom. The molecule has 0 heterocycles. The molecule has 0 fully saturated rings. The van der Waals surface area contributed by atoms with Crippen LogP contribution in [-0.2, 0) is 28.2 Å². The van der Waals surface area contributed by atoms with E-state index >= 15 is 0 Å². The van der Waals surface area contributed by atoms with Crippen LogP contribution in [-0.4, -0.2) is 41.0 Å². The number of allylic oxidation sites excluding steroid dienone is 6. The Hall–Kier alpha value is -1.73. The summed E-state index contributed by atoms with van der Waals surface area (Å²) >= 11 is 0. The van der Waals surface area contributed by atoms with E-state index in [2.05, 4.69) is 54.8 Å². The molecular weight excluding hydrogens is 699 g/mol. The largest absolute Gasteiger partial charge is 0.469 e. The molecule has 2 N–H and O–H groups in total. The summed E-state index contributed by atoms with van der Waals surface area (Å²) < 4.78 is 26.4. The van der Waals surface area contributed by atoms with Crippen LogP contribution in [0.1, 0.15) is 219 Å². The van der Waals surface area contributed by atoms with Gasteiger partial charge in [0, 0.05) is 12.8 Å². The number of hydrogen-bond acceptors (Lipinski definition) is 6. The molecule has 0 saturated heterocycles. The van der Waals surface area contributed by atoms with E-state index in [4.69, 9.17) is 19.3 Å². The molecular formula is C45H83O8P. The van der Waals surface area contributed by atoms with Crippen molar-refractivity contribution >= 4 is 19.8 Å². The Labute approximate surface area is 332 Å². The quantitative estimate of drug-likeness (QED) is 0.0272. The highest BCUT2D eigenvalue weighted by molar-refractivity contribution is 7.46. The molecule has 0 aromatic heterocycles. The molecule has 9 heteroatoms. The third-order valence-corrected chi connectivity index (χ3v) is 10.1. The van der Waals surface area contributed by atoms with Crippen LogP contribution >= 0.6 is 7.82 Å². The highest BCUT2D eigenvalue weighted by atomic mass is 31.2. The Morgan fingerprint density at radius 3 is 1.28 bits per heavy atom. The molecule has 0 amide bonds. The summed E-state index contributed by atoms with van der Waals surface area (Å²) in [5, 5.41) is 0. The normalized spacial score (nSPS) is 12.7. The predicted molar refractivity (Wildman–Crippen MR) is 225 cm³/mol. The molecule has 316 valence electrons. The van der Waals surface area contributed by atoms with Crippen LogP contribution in [0.3, 0.4) is 0 Å². The number of phosphoric acid groups is 1. The first-order valence-corrected chi connectivity index (χ1v) is 23.8. The van der Waals surface area contributed by atoms with Gasteiger partial charge in [-0.05, 0) is 51.4 Å². The smallest absolute Gasteiger partial charge is 0.462 e. The maximum Gasteiger partial charge on any atom is 0.469 e. The van der Waals surface area contributed by atoms with E-state index in [0.29, 0.717) is 12.8 Å². The Bertz CT molecular complexity index is 973. The van der Waals surface area contributed by atoms with Gasteiger partial charge in [-0.25, -0.2) is 4.57 Å². The minimum atomic E-state index is -4.76. The van der Waals surface area contributed by atoms with Gasteiger partial charge in [0.15, 0.2) is 6.10 Å². The fraction of sp³-hybridized carbons (Fsp3) is 0.822. The number of carbonyl (C=O) groups is 2. The van der Waals surface area contributed by atoms with Crippen LogP contribution in [0.5, 0.6) is 0 Å². The zero-order valence-electron chi connectivity index (χ0n) is 34.9. The van der Waals surface area contributed by atoms with E-state index in [1.54, 1.807) is 0 Å². The maximum absolute atomic E-state index is 12.4. The third kappa shape index (κ3) is 43.0. The van der Waals surface area contributed by atoms with Crippen molar-refractivity contribution in [1.29, 1.82) is 0 Å². The van der Waals surface area contributed by atoms with Gasteiger partial charge in [0.2, 0.25) is 0 Å². The molecule has 8 nitrogen and oxygen atoms in total.